The van der Waals surface area contributed by atoms with Crippen molar-refractivity contribution in [3.8, 4) is 0 Å². The van der Waals surface area contributed by atoms with Crippen LogP contribution in [0.15, 0.2) is 0 Å². The van der Waals surface area contributed by atoms with Crippen molar-refractivity contribution in [2.45, 2.75) is 45.4 Å². The Morgan fingerprint density at radius 2 is 2.13 bits per heavy atom. The van der Waals surface area contributed by atoms with Crippen molar-refractivity contribution < 1.29 is 4.79 Å². The lowest BCUT2D eigenvalue weighted by Gasteiger charge is -2.11. The van der Waals surface area contributed by atoms with Gasteiger partial charge >= 0.3 is 0 Å². The first-order valence-corrected chi connectivity index (χ1v) is 6.19. The van der Waals surface area contributed by atoms with Gasteiger partial charge in [-0.05, 0) is 24.8 Å². The highest BCUT2D eigenvalue weighted by atomic mass is 16.1. The van der Waals surface area contributed by atoms with E-state index in [1.54, 1.807) is 0 Å². The van der Waals surface area contributed by atoms with Crippen LogP contribution in [0.3, 0.4) is 0 Å². The summed E-state index contributed by atoms with van der Waals surface area (Å²) in [4.78, 5) is 11.5. The number of hydrogen-bond acceptors (Lipinski definition) is 2. The average Bonchev–Trinajstić information content (AvgIpc) is 2.75. The molecule has 1 aliphatic rings. The molecule has 0 saturated heterocycles. The molecule has 0 aromatic carbocycles. The van der Waals surface area contributed by atoms with Gasteiger partial charge in [-0.25, -0.2) is 0 Å². The number of amides is 1. The third kappa shape index (κ3) is 5.17. The van der Waals surface area contributed by atoms with Crippen LogP contribution in [0.4, 0.5) is 0 Å². The van der Waals surface area contributed by atoms with Crippen LogP contribution in [0, 0.1) is 11.8 Å². The molecular formula is C12H24N2O. The fraction of sp³-hybridized carbons (Fsp3) is 0.917. The summed E-state index contributed by atoms with van der Waals surface area (Å²) >= 11 is 0. The zero-order valence-corrected chi connectivity index (χ0v) is 9.80. The first kappa shape index (κ1) is 12.5. The number of carbonyl (C=O) groups excluding carboxylic acids is 1. The minimum Gasteiger partial charge on any atom is -0.356 e. The Hall–Kier alpha value is -0.570. The molecule has 0 heterocycles. The second-order valence-electron chi connectivity index (χ2n) is 4.83. The quantitative estimate of drug-likeness (QED) is 0.703. The maximum absolute atomic E-state index is 11.5. The van der Waals surface area contributed by atoms with Crippen molar-refractivity contribution in [2.24, 2.45) is 17.6 Å². The summed E-state index contributed by atoms with van der Waals surface area (Å²) in [6.45, 7) is 3.42. The fourth-order valence-corrected chi connectivity index (χ4v) is 2.09. The molecule has 88 valence electrons. The maximum atomic E-state index is 11.5. The molecular weight excluding hydrogens is 188 g/mol. The van der Waals surface area contributed by atoms with E-state index in [9.17, 15) is 4.79 Å². The topological polar surface area (TPSA) is 55.1 Å². The van der Waals surface area contributed by atoms with Crippen molar-refractivity contribution in [3.05, 3.63) is 0 Å². The second-order valence-corrected chi connectivity index (χ2v) is 4.83. The molecule has 3 heteroatoms. The second kappa shape index (κ2) is 6.83. The van der Waals surface area contributed by atoms with Crippen molar-refractivity contribution in [3.63, 3.8) is 0 Å². The van der Waals surface area contributed by atoms with Gasteiger partial charge in [0.05, 0.1) is 0 Å². The number of nitrogens with one attached hydrogen (secondary N) is 1. The number of carbonyl (C=O) groups is 1. The van der Waals surface area contributed by atoms with Crippen molar-refractivity contribution in [1.82, 2.24) is 5.32 Å². The highest BCUT2D eigenvalue weighted by Crippen LogP contribution is 2.28. The molecule has 3 nitrogen and oxygen atoms in total. The van der Waals surface area contributed by atoms with Gasteiger partial charge in [0.1, 0.15) is 0 Å². The summed E-state index contributed by atoms with van der Waals surface area (Å²) in [6.07, 6.45) is 7.14. The third-order valence-electron chi connectivity index (χ3n) is 3.30. The van der Waals surface area contributed by atoms with Crippen LogP contribution in [0.1, 0.15) is 45.4 Å². The third-order valence-corrected chi connectivity index (χ3v) is 3.30. The van der Waals surface area contributed by atoms with Crippen LogP contribution in [0.25, 0.3) is 0 Å². The van der Waals surface area contributed by atoms with Gasteiger partial charge in [0.25, 0.3) is 0 Å². The summed E-state index contributed by atoms with van der Waals surface area (Å²) in [7, 11) is 0. The first-order valence-electron chi connectivity index (χ1n) is 6.19. The molecule has 1 fully saturated rings. The lowest BCUT2D eigenvalue weighted by atomic mass is 10.0. The largest absolute Gasteiger partial charge is 0.356 e. The Bertz CT molecular complexity index is 188. The minimum atomic E-state index is 0.196. The Morgan fingerprint density at radius 3 is 2.73 bits per heavy atom. The van der Waals surface area contributed by atoms with Crippen molar-refractivity contribution in [2.75, 3.05) is 13.1 Å². The van der Waals surface area contributed by atoms with Crippen molar-refractivity contribution in [1.29, 1.82) is 0 Å². The molecule has 1 rings (SSSR count). The molecule has 0 spiro atoms. The van der Waals surface area contributed by atoms with Gasteiger partial charge in [-0.3, -0.25) is 4.79 Å². The van der Waals surface area contributed by atoms with Crippen LogP contribution in [-0.2, 0) is 4.79 Å². The minimum absolute atomic E-state index is 0.196. The maximum Gasteiger partial charge on any atom is 0.220 e. The standard InChI is InChI=1S/C12H24N2O/c1-10(8-13)9-14-12(15)7-6-11-4-2-3-5-11/h10-11H,2-9,13H2,1H3,(H,14,15). The van der Waals surface area contributed by atoms with E-state index in [2.05, 4.69) is 12.2 Å². The molecule has 3 N–H and O–H groups in total. The Kier molecular flexibility index (Phi) is 5.69. The monoisotopic (exact) mass is 212 g/mol. The van der Waals surface area contributed by atoms with Crippen LogP contribution >= 0.6 is 0 Å². The SMILES string of the molecule is CC(CN)CNC(=O)CCC1CCCC1. The molecule has 0 radical (unpaired) electrons. The van der Waals surface area contributed by atoms with E-state index >= 15 is 0 Å². The number of hydrogen-bond donors (Lipinski definition) is 2. The van der Waals surface area contributed by atoms with E-state index in [0.29, 0.717) is 18.9 Å². The number of nitrogens with two attached hydrogens (primary N) is 1. The average molecular weight is 212 g/mol. The molecule has 0 aliphatic heterocycles. The molecule has 1 aliphatic carbocycles. The fourth-order valence-electron chi connectivity index (χ4n) is 2.09. The van der Waals surface area contributed by atoms with Gasteiger partial charge in [-0.2, -0.15) is 0 Å². The molecule has 1 atom stereocenters. The first-order chi connectivity index (χ1) is 7.22. The van der Waals surface area contributed by atoms with Gasteiger partial charge in [0, 0.05) is 13.0 Å². The van der Waals surface area contributed by atoms with Gasteiger partial charge in [0.15, 0.2) is 0 Å². The lowest BCUT2D eigenvalue weighted by Crippen LogP contribution is -2.31. The highest BCUT2D eigenvalue weighted by Gasteiger charge is 2.16. The summed E-state index contributed by atoms with van der Waals surface area (Å²) in [6, 6.07) is 0. The van der Waals surface area contributed by atoms with E-state index in [4.69, 9.17) is 5.73 Å². The van der Waals surface area contributed by atoms with E-state index in [1.165, 1.54) is 25.7 Å². The predicted octanol–water partition coefficient (Wildman–Crippen LogP) is 1.67. The van der Waals surface area contributed by atoms with Gasteiger partial charge in [-0.15, -0.1) is 0 Å². The van der Waals surface area contributed by atoms with Crippen LogP contribution < -0.4 is 11.1 Å². The smallest absolute Gasteiger partial charge is 0.220 e. The van der Waals surface area contributed by atoms with Gasteiger partial charge in [0.2, 0.25) is 5.91 Å². The Balaban J connectivity index is 2.02. The lowest BCUT2D eigenvalue weighted by molar-refractivity contribution is -0.121. The summed E-state index contributed by atoms with van der Waals surface area (Å²) in [5.41, 5.74) is 5.48. The van der Waals surface area contributed by atoms with E-state index in [-0.39, 0.29) is 5.91 Å². The molecule has 0 aromatic rings. The Morgan fingerprint density at radius 1 is 1.47 bits per heavy atom. The van der Waals surface area contributed by atoms with Crippen LogP contribution in [0.5, 0.6) is 0 Å². The van der Waals surface area contributed by atoms with Crippen molar-refractivity contribution >= 4 is 5.91 Å². The van der Waals surface area contributed by atoms with E-state index < -0.39 is 0 Å². The van der Waals surface area contributed by atoms with Gasteiger partial charge in [-0.1, -0.05) is 32.6 Å². The Labute approximate surface area is 92.8 Å². The molecule has 1 unspecified atom stereocenters. The molecule has 1 saturated carbocycles. The van der Waals surface area contributed by atoms with Crippen LogP contribution in [0.2, 0.25) is 0 Å². The number of rotatable bonds is 6. The summed E-state index contributed by atoms with van der Waals surface area (Å²) in [5.74, 6) is 1.39. The molecule has 1 amide bonds. The molecule has 0 aromatic heterocycles. The van der Waals surface area contributed by atoms with E-state index in [0.717, 1.165) is 18.9 Å². The van der Waals surface area contributed by atoms with Gasteiger partial charge < -0.3 is 11.1 Å². The summed E-state index contributed by atoms with van der Waals surface area (Å²) < 4.78 is 0. The molecule has 15 heavy (non-hydrogen) atoms. The predicted molar refractivity (Wildman–Crippen MR) is 62.4 cm³/mol. The normalized spacial score (nSPS) is 19.1. The van der Waals surface area contributed by atoms with E-state index in [1.807, 2.05) is 0 Å². The highest BCUT2D eigenvalue weighted by molar-refractivity contribution is 5.75. The zero-order chi connectivity index (χ0) is 11.1. The molecule has 0 bridgehead atoms. The zero-order valence-electron chi connectivity index (χ0n) is 9.80. The summed E-state index contributed by atoms with van der Waals surface area (Å²) in [5, 5.41) is 2.94. The van der Waals surface area contributed by atoms with Crippen LogP contribution in [-0.4, -0.2) is 19.0 Å².